The van der Waals surface area contributed by atoms with Crippen LogP contribution < -0.4 is 14.2 Å². The monoisotopic (exact) mass is 397 g/mol. The fourth-order valence-corrected chi connectivity index (χ4v) is 2.79. The molecule has 1 heterocycles. The number of aromatic nitrogens is 3. The first-order chi connectivity index (χ1) is 14.0. The lowest BCUT2D eigenvalue weighted by molar-refractivity contribution is 0.0874. The van der Waals surface area contributed by atoms with Gasteiger partial charge in [0.25, 0.3) is 0 Å². The lowest BCUT2D eigenvalue weighted by Crippen LogP contribution is -2.24. The van der Waals surface area contributed by atoms with Crippen molar-refractivity contribution in [2.75, 3.05) is 13.7 Å². The van der Waals surface area contributed by atoms with E-state index in [1.54, 1.807) is 24.1 Å². The molecule has 29 heavy (non-hydrogen) atoms. The molecule has 0 aliphatic heterocycles. The van der Waals surface area contributed by atoms with Crippen molar-refractivity contribution in [3.63, 3.8) is 0 Å². The third-order valence-electron chi connectivity index (χ3n) is 4.42. The fraction of sp³-hybridized carbons (Fsp3) is 0.364. The molecule has 0 spiro atoms. The molecule has 0 radical (unpaired) electrons. The lowest BCUT2D eigenvalue weighted by atomic mass is 10.0. The van der Waals surface area contributed by atoms with Crippen LogP contribution >= 0.6 is 0 Å². The van der Waals surface area contributed by atoms with Crippen LogP contribution in [-0.4, -0.2) is 39.9 Å². The number of rotatable bonds is 10. The SMILES string of the molecule is COc1ccccc1OCC(O)Cn1cc(COc2ccc(C(C)C)cc2)nn1. The van der Waals surface area contributed by atoms with Crippen molar-refractivity contribution in [1.82, 2.24) is 15.0 Å². The summed E-state index contributed by atoms with van der Waals surface area (Å²) in [6, 6.07) is 15.4. The number of benzene rings is 2. The Kier molecular flexibility index (Phi) is 7.08. The highest BCUT2D eigenvalue weighted by Gasteiger charge is 2.11. The standard InChI is InChI=1S/C22H27N3O4/c1-16(2)17-8-10-20(11-9-17)28-14-18-12-25(24-23-18)13-19(26)15-29-22-7-5-4-6-21(22)27-3/h4-12,16,19,26H,13-15H2,1-3H3. The molecule has 1 unspecified atom stereocenters. The first-order valence-electron chi connectivity index (χ1n) is 9.61. The van der Waals surface area contributed by atoms with Gasteiger partial charge in [-0.3, -0.25) is 0 Å². The molecule has 0 fully saturated rings. The third kappa shape index (κ3) is 5.96. The smallest absolute Gasteiger partial charge is 0.161 e. The molecule has 0 aliphatic rings. The summed E-state index contributed by atoms with van der Waals surface area (Å²) < 4.78 is 18.2. The maximum Gasteiger partial charge on any atom is 0.161 e. The second-order valence-corrected chi connectivity index (χ2v) is 7.06. The minimum absolute atomic E-state index is 0.119. The average Bonchev–Trinajstić information content (AvgIpc) is 3.18. The second-order valence-electron chi connectivity index (χ2n) is 7.06. The van der Waals surface area contributed by atoms with Crippen molar-refractivity contribution in [2.24, 2.45) is 0 Å². The highest BCUT2D eigenvalue weighted by Crippen LogP contribution is 2.25. The van der Waals surface area contributed by atoms with E-state index in [9.17, 15) is 5.11 Å². The molecule has 0 saturated heterocycles. The molecule has 3 rings (SSSR count). The normalized spacial score (nSPS) is 12.0. The number of nitrogens with zero attached hydrogens (tertiary/aromatic N) is 3. The fourth-order valence-electron chi connectivity index (χ4n) is 2.79. The van der Waals surface area contributed by atoms with Crippen molar-refractivity contribution in [3.05, 3.63) is 66.0 Å². The van der Waals surface area contributed by atoms with Crippen molar-refractivity contribution in [1.29, 1.82) is 0 Å². The molecule has 0 bridgehead atoms. The van der Waals surface area contributed by atoms with E-state index in [0.29, 0.717) is 29.7 Å². The zero-order chi connectivity index (χ0) is 20.6. The van der Waals surface area contributed by atoms with Crippen molar-refractivity contribution >= 4 is 0 Å². The second kappa shape index (κ2) is 9.93. The van der Waals surface area contributed by atoms with Gasteiger partial charge >= 0.3 is 0 Å². The predicted octanol–water partition coefficient (Wildman–Crippen LogP) is 3.43. The first-order valence-corrected chi connectivity index (χ1v) is 9.61. The number of aliphatic hydroxyl groups excluding tert-OH is 1. The maximum absolute atomic E-state index is 10.2. The molecule has 0 saturated carbocycles. The quantitative estimate of drug-likeness (QED) is 0.565. The zero-order valence-corrected chi connectivity index (χ0v) is 17.0. The predicted molar refractivity (Wildman–Crippen MR) is 109 cm³/mol. The minimum atomic E-state index is -0.737. The number of methoxy groups -OCH3 is 1. The van der Waals surface area contributed by atoms with Crippen molar-refractivity contribution < 1.29 is 19.3 Å². The molecule has 1 N–H and O–H groups in total. The third-order valence-corrected chi connectivity index (χ3v) is 4.42. The number of hydrogen-bond acceptors (Lipinski definition) is 6. The molecular formula is C22H27N3O4. The molecular weight excluding hydrogens is 370 g/mol. The Hall–Kier alpha value is -3.06. The van der Waals surface area contributed by atoms with Crippen molar-refractivity contribution in [2.45, 2.75) is 39.0 Å². The van der Waals surface area contributed by atoms with E-state index in [4.69, 9.17) is 14.2 Å². The van der Waals surface area contributed by atoms with E-state index in [0.717, 1.165) is 5.75 Å². The van der Waals surface area contributed by atoms with Gasteiger partial charge in [0.2, 0.25) is 0 Å². The van der Waals surface area contributed by atoms with E-state index in [1.807, 2.05) is 30.3 Å². The molecule has 2 aromatic carbocycles. The van der Waals surface area contributed by atoms with Crippen molar-refractivity contribution in [3.8, 4) is 17.2 Å². The molecule has 7 heteroatoms. The number of para-hydroxylation sites is 2. The van der Waals surface area contributed by atoms with Crippen LogP contribution in [0.3, 0.4) is 0 Å². The number of hydrogen-bond donors (Lipinski definition) is 1. The summed E-state index contributed by atoms with van der Waals surface area (Å²) in [5.41, 5.74) is 1.96. The van der Waals surface area contributed by atoms with Gasteiger partial charge < -0.3 is 19.3 Å². The maximum atomic E-state index is 10.2. The van der Waals surface area contributed by atoms with Gasteiger partial charge in [0.05, 0.1) is 19.9 Å². The van der Waals surface area contributed by atoms with E-state index < -0.39 is 6.10 Å². The van der Waals surface area contributed by atoms with Crippen LogP contribution in [-0.2, 0) is 13.2 Å². The Balaban J connectivity index is 1.46. The lowest BCUT2D eigenvalue weighted by Gasteiger charge is -2.14. The summed E-state index contributed by atoms with van der Waals surface area (Å²) in [4.78, 5) is 0. The van der Waals surface area contributed by atoms with E-state index in [2.05, 4.69) is 36.3 Å². The zero-order valence-electron chi connectivity index (χ0n) is 17.0. The summed E-state index contributed by atoms with van der Waals surface area (Å²) in [7, 11) is 1.58. The molecule has 154 valence electrons. The highest BCUT2D eigenvalue weighted by atomic mass is 16.5. The minimum Gasteiger partial charge on any atom is -0.493 e. The van der Waals surface area contributed by atoms with Gasteiger partial charge in [0.1, 0.15) is 30.8 Å². The Morgan fingerprint density at radius 1 is 1.00 bits per heavy atom. The van der Waals surface area contributed by atoms with Crippen LogP contribution in [0.2, 0.25) is 0 Å². The average molecular weight is 397 g/mol. The summed E-state index contributed by atoms with van der Waals surface area (Å²) >= 11 is 0. The first kappa shape index (κ1) is 20.7. The number of ether oxygens (including phenoxy) is 3. The highest BCUT2D eigenvalue weighted by molar-refractivity contribution is 5.39. The summed E-state index contributed by atoms with van der Waals surface area (Å²) in [6.07, 6.45) is 1.02. The van der Waals surface area contributed by atoms with E-state index in [1.165, 1.54) is 5.56 Å². The molecule has 3 aromatic rings. The van der Waals surface area contributed by atoms with Crippen LogP contribution in [0.25, 0.3) is 0 Å². The molecule has 0 aliphatic carbocycles. The molecule has 7 nitrogen and oxygen atoms in total. The van der Waals surface area contributed by atoms with Crippen LogP contribution in [0.4, 0.5) is 0 Å². The largest absolute Gasteiger partial charge is 0.493 e. The Bertz CT molecular complexity index is 893. The Morgan fingerprint density at radius 2 is 1.72 bits per heavy atom. The van der Waals surface area contributed by atoms with Crippen LogP contribution in [0, 0.1) is 0 Å². The molecule has 1 atom stereocenters. The Morgan fingerprint density at radius 3 is 2.41 bits per heavy atom. The summed E-state index contributed by atoms with van der Waals surface area (Å²) in [5, 5.41) is 18.4. The van der Waals surface area contributed by atoms with Crippen LogP contribution in [0.1, 0.15) is 31.0 Å². The number of aliphatic hydroxyl groups is 1. The van der Waals surface area contributed by atoms with Gasteiger partial charge in [-0.15, -0.1) is 5.10 Å². The van der Waals surface area contributed by atoms with Gasteiger partial charge in [-0.25, -0.2) is 4.68 Å². The summed E-state index contributed by atoms with van der Waals surface area (Å²) in [5.74, 6) is 2.49. The Labute approximate surface area is 170 Å². The molecule has 0 amide bonds. The van der Waals surface area contributed by atoms with Gasteiger partial charge in [-0.1, -0.05) is 43.3 Å². The van der Waals surface area contributed by atoms with Gasteiger partial charge in [-0.2, -0.15) is 0 Å². The van der Waals surface area contributed by atoms with E-state index >= 15 is 0 Å². The summed E-state index contributed by atoms with van der Waals surface area (Å²) in [6.45, 7) is 5.02. The van der Waals surface area contributed by atoms with Gasteiger partial charge in [0.15, 0.2) is 11.5 Å². The van der Waals surface area contributed by atoms with E-state index in [-0.39, 0.29) is 13.2 Å². The van der Waals surface area contributed by atoms with Gasteiger partial charge in [-0.05, 0) is 35.7 Å². The van der Waals surface area contributed by atoms with Gasteiger partial charge in [0, 0.05) is 0 Å². The van der Waals surface area contributed by atoms with Crippen LogP contribution in [0.5, 0.6) is 17.2 Å². The topological polar surface area (TPSA) is 78.6 Å². The molecule has 1 aromatic heterocycles. The van der Waals surface area contributed by atoms with Crippen LogP contribution in [0.15, 0.2) is 54.7 Å².